The summed E-state index contributed by atoms with van der Waals surface area (Å²) < 4.78 is 0. The summed E-state index contributed by atoms with van der Waals surface area (Å²) in [6.45, 7) is 1.86. The summed E-state index contributed by atoms with van der Waals surface area (Å²) in [5.74, 6) is 0.0834. The van der Waals surface area contributed by atoms with E-state index in [0.29, 0.717) is 17.3 Å². The van der Waals surface area contributed by atoms with Crippen LogP contribution in [-0.4, -0.2) is 22.1 Å². The molecular formula is C15H17N3O2. The van der Waals surface area contributed by atoms with Gasteiger partial charge in [0.25, 0.3) is 0 Å². The zero-order valence-corrected chi connectivity index (χ0v) is 11.3. The molecular weight excluding hydrogens is 254 g/mol. The summed E-state index contributed by atoms with van der Waals surface area (Å²) in [4.78, 5) is 15.7. The quantitative estimate of drug-likeness (QED) is 0.880. The average molecular weight is 271 g/mol. The van der Waals surface area contributed by atoms with Crippen LogP contribution in [0.25, 0.3) is 0 Å². The summed E-state index contributed by atoms with van der Waals surface area (Å²) in [5, 5.41) is 21.9. The number of carboxylic acid groups (broad SMARTS) is 1. The maximum absolute atomic E-state index is 11.5. The number of fused-ring (bicyclic) bond motifs is 2. The fourth-order valence-corrected chi connectivity index (χ4v) is 3.82. The largest absolute Gasteiger partial charge is 0.481 e. The van der Waals surface area contributed by atoms with E-state index in [-0.39, 0.29) is 17.9 Å². The van der Waals surface area contributed by atoms with Crippen molar-refractivity contribution < 1.29 is 9.90 Å². The van der Waals surface area contributed by atoms with Crippen LogP contribution in [-0.2, 0) is 4.79 Å². The number of rotatable bonds is 3. The molecule has 2 fully saturated rings. The standard InChI is InChI=1S/C15H17N3O2/c1-8-4-5-17-14(11(8)7-16)18-13-10-3-2-9(6-10)12(13)15(19)20/h4-5,9-10,12-13H,2-3,6H2,1H3,(H,17,18)(H,19,20). The number of aliphatic carboxylic acids is 1. The molecule has 104 valence electrons. The molecule has 0 radical (unpaired) electrons. The Bertz CT molecular complexity index is 593. The number of hydrogen-bond acceptors (Lipinski definition) is 4. The maximum atomic E-state index is 11.5. The molecule has 5 nitrogen and oxygen atoms in total. The summed E-state index contributed by atoms with van der Waals surface area (Å²) in [7, 11) is 0. The van der Waals surface area contributed by atoms with Crippen LogP contribution in [0.4, 0.5) is 5.82 Å². The number of anilines is 1. The second-order valence-corrected chi connectivity index (χ2v) is 5.83. The molecule has 1 aromatic heterocycles. The van der Waals surface area contributed by atoms with Gasteiger partial charge in [-0.1, -0.05) is 0 Å². The minimum Gasteiger partial charge on any atom is -0.481 e. The molecule has 0 aliphatic heterocycles. The molecule has 1 aromatic rings. The smallest absolute Gasteiger partial charge is 0.308 e. The lowest BCUT2D eigenvalue weighted by molar-refractivity contribution is -0.143. The van der Waals surface area contributed by atoms with E-state index in [0.717, 1.165) is 24.8 Å². The molecule has 0 amide bonds. The molecule has 2 saturated carbocycles. The zero-order valence-electron chi connectivity index (χ0n) is 11.3. The lowest BCUT2D eigenvalue weighted by Gasteiger charge is -2.29. The van der Waals surface area contributed by atoms with Gasteiger partial charge >= 0.3 is 5.97 Å². The van der Waals surface area contributed by atoms with Crippen LogP contribution in [0.5, 0.6) is 0 Å². The van der Waals surface area contributed by atoms with Gasteiger partial charge in [-0.3, -0.25) is 4.79 Å². The Labute approximate surface area is 117 Å². The third-order valence-electron chi connectivity index (χ3n) is 4.78. The number of hydrogen-bond donors (Lipinski definition) is 2. The van der Waals surface area contributed by atoms with Gasteiger partial charge in [-0.15, -0.1) is 0 Å². The van der Waals surface area contributed by atoms with Crippen molar-refractivity contribution in [3.8, 4) is 6.07 Å². The van der Waals surface area contributed by atoms with Gasteiger partial charge in [-0.25, -0.2) is 4.98 Å². The Hall–Kier alpha value is -2.09. The number of carbonyl (C=O) groups is 1. The fraction of sp³-hybridized carbons (Fsp3) is 0.533. The normalized spacial score (nSPS) is 31.0. The molecule has 4 atom stereocenters. The maximum Gasteiger partial charge on any atom is 0.308 e. The van der Waals surface area contributed by atoms with Gasteiger partial charge in [-0.2, -0.15) is 5.26 Å². The minimum atomic E-state index is -0.735. The van der Waals surface area contributed by atoms with E-state index in [1.807, 2.05) is 6.92 Å². The molecule has 2 N–H and O–H groups in total. The number of carboxylic acids is 1. The number of nitrogens with one attached hydrogen (secondary N) is 1. The number of nitriles is 1. The van der Waals surface area contributed by atoms with Crippen LogP contribution in [0, 0.1) is 36.0 Å². The van der Waals surface area contributed by atoms with Crippen LogP contribution in [0.15, 0.2) is 12.3 Å². The Kier molecular flexibility index (Phi) is 3.09. The van der Waals surface area contributed by atoms with Gasteiger partial charge in [0, 0.05) is 12.2 Å². The van der Waals surface area contributed by atoms with E-state index in [9.17, 15) is 15.2 Å². The molecule has 0 saturated heterocycles. The van der Waals surface area contributed by atoms with E-state index in [1.165, 1.54) is 0 Å². The summed E-state index contributed by atoms with van der Waals surface area (Å²) in [6.07, 6.45) is 4.70. The Balaban J connectivity index is 1.90. The Morgan fingerprint density at radius 1 is 1.50 bits per heavy atom. The average Bonchev–Trinajstić information content (AvgIpc) is 2.99. The molecule has 20 heavy (non-hydrogen) atoms. The molecule has 2 bridgehead atoms. The van der Waals surface area contributed by atoms with Gasteiger partial charge < -0.3 is 10.4 Å². The van der Waals surface area contributed by atoms with Crippen LogP contribution in [0.1, 0.15) is 30.4 Å². The predicted octanol–water partition coefficient (Wildman–Crippen LogP) is 2.17. The van der Waals surface area contributed by atoms with Gasteiger partial charge in [0.1, 0.15) is 11.9 Å². The zero-order chi connectivity index (χ0) is 14.3. The van der Waals surface area contributed by atoms with E-state index in [2.05, 4.69) is 16.4 Å². The van der Waals surface area contributed by atoms with Gasteiger partial charge in [0.05, 0.1) is 11.5 Å². The molecule has 2 aliphatic carbocycles. The third-order valence-corrected chi connectivity index (χ3v) is 4.78. The minimum absolute atomic E-state index is 0.104. The first kappa shape index (κ1) is 12.9. The summed E-state index contributed by atoms with van der Waals surface area (Å²) >= 11 is 0. The first-order chi connectivity index (χ1) is 9.61. The van der Waals surface area contributed by atoms with Crippen molar-refractivity contribution in [2.45, 2.75) is 32.2 Å². The van der Waals surface area contributed by atoms with Gasteiger partial charge in [-0.05, 0) is 49.7 Å². The van der Waals surface area contributed by atoms with Crippen LogP contribution in [0.3, 0.4) is 0 Å². The van der Waals surface area contributed by atoms with Crippen molar-refractivity contribution in [2.24, 2.45) is 17.8 Å². The van der Waals surface area contributed by atoms with Crippen LogP contribution < -0.4 is 5.32 Å². The first-order valence-corrected chi connectivity index (χ1v) is 6.97. The summed E-state index contributed by atoms with van der Waals surface area (Å²) in [5.41, 5.74) is 1.37. The number of pyridine rings is 1. The van der Waals surface area contributed by atoms with E-state index < -0.39 is 5.97 Å². The van der Waals surface area contributed by atoms with E-state index >= 15 is 0 Å². The highest BCUT2D eigenvalue weighted by Crippen LogP contribution is 2.49. The van der Waals surface area contributed by atoms with Crippen molar-refractivity contribution in [3.05, 3.63) is 23.4 Å². The van der Waals surface area contributed by atoms with Crippen molar-refractivity contribution in [2.75, 3.05) is 5.32 Å². The highest BCUT2D eigenvalue weighted by Gasteiger charge is 2.51. The van der Waals surface area contributed by atoms with Crippen LogP contribution >= 0.6 is 0 Å². The highest BCUT2D eigenvalue weighted by molar-refractivity contribution is 5.73. The molecule has 4 unspecified atom stereocenters. The number of aryl methyl sites for hydroxylation is 1. The molecule has 5 heteroatoms. The van der Waals surface area contributed by atoms with E-state index in [1.54, 1.807) is 12.3 Å². The molecule has 0 aromatic carbocycles. The second kappa shape index (κ2) is 4.78. The Morgan fingerprint density at radius 2 is 2.25 bits per heavy atom. The monoisotopic (exact) mass is 271 g/mol. The molecule has 1 heterocycles. The number of aromatic nitrogens is 1. The molecule has 0 spiro atoms. The third kappa shape index (κ3) is 1.92. The molecule has 2 aliphatic rings. The van der Waals surface area contributed by atoms with Crippen molar-refractivity contribution >= 4 is 11.8 Å². The first-order valence-electron chi connectivity index (χ1n) is 6.97. The van der Waals surface area contributed by atoms with E-state index in [4.69, 9.17) is 0 Å². The predicted molar refractivity (Wildman–Crippen MR) is 73.1 cm³/mol. The lowest BCUT2D eigenvalue weighted by atomic mass is 9.84. The van der Waals surface area contributed by atoms with Crippen molar-refractivity contribution in [1.29, 1.82) is 5.26 Å². The summed E-state index contributed by atoms with van der Waals surface area (Å²) in [6, 6.07) is 3.84. The number of nitrogens with zero attached hydrogens (tertiary/aromatic N) is 2. The SMILES string of the molecule is Cc1ccnc(NC2C3CCC(C3)C2C(=O)O)c1C#N. The van der Waals surface area contributed by atoms with Crippen molar-refractivity contribution in [3.63, 3.8) is 0 Å². The second-order valence-electron chi connectivity index (χ2n) is 5.83. The van der Waals surface area contributed by atoms with Gasteiger partial charge in [0.15, 0.2) is 0 Å². The molecule has 3 rings (SSSR count). The topological polar surface area (TPSA) is 86.0 Å². The highest BCUT2D eigenvalue weighted by atomic mass is 16.4. The van der Waals surface area contributed by atoms with Crippen molar-refractivity contribution in [1.82, 2.24) is 4.98 Å². The Morgan fingerprint density at radius 3 is 2.95 bits per heavy atom. The fourth-order valence-electron chi connectivity index (χ4n) is 3.82. The van der Waals surface area contributed by atoms with Crippen LogP contribution in [0.2, 0.25) is 0 Å². The van der Waals surface area contributed by atoms with Gasteiger partial charge in [0.2, 0.25) is 0 Å². The lowest BCUT2D eigenvalue weighted by Crippen LogP contribution is -2.39.